The van der Waals surface area contributed by atoms with Crippen LogP contribution >= 0.6 is 0 Å². The maximum Gasteiger partial charge on any atom is 0.416 e. The van der Waals surface area contributed by atoms with Crippen molar-refractivity contribution in [1.29, 1.82) is 0 Å². The van der Waals surface area contributed by atoms with Gasteiger partial charge in [0.1, 0.15) is 0 Å². The van der Waals surface area contributed by atoms with E-state index in [0.717, 1.165) is 6.07 Å². The minimum Gasteiger partial charge on any atom is -0.346 e. The molecule has 19 heavy (non-hydrogen) atoms. The van der Waals surface area contributed by atoms with Gasteiger partial charge in [0.2, 0.25) is 5.91 Å². The zero-order valence-electron chi connectivity index (χ0n) is 11.0. The number of carbonyl (C=O) groups excluding carboxylic acids is 1. The van der Waals surface area contributed by atoms with Crippen molar-refractivity contribution in [1.82, 2.24) is 5.32 Å². The molecule has 0 bridgehead atoms. The van der Waals surface area contributed by atoms with Crippen LogP contribution < -0.4 is 11.1 Å². The van der Waals surface area contributed by atoms with Gasteiger partial charge < -0.3 is 11.1 Å². The first-order valence-electron chi connectivity index (χ1n) is 5.80. The summed E-state index contributed by atoms with van der Waals surface area (Å²) in [4.78, 5) is 11.6. The largest absolute Gasteiger partial charge is 0.416 e. The highest BCUT2D eigenvalue weighted by Gasteiger charge is 2.38. The Bertz CT molecular complexity index is 467. The van der Waals surface area contributed by atoms with Crippen LogP contribution in [0.3, 0.4) is 0 Å². The molecule has 0 spiro atoms. The zero-order valence-corrected chi connectivity index (χ0v) is 11.0. The lowest BCUT2D eigenvalue weighted by molar-refractivity contribution is -0.139. The van der Waals surface area contributed by atoms with Crippen molar-refractivity contribution in [3.8, 4) is 0 Å². The molecule has 0 saturated heterocycles. The third-order valence-corrected chi connectivity index (χ3v) is 2.76. The first-order chi connectivity index (χ1) is 8.55. The third kappa shape index (κ3) is 3.70. The lowest BCUT2D eigenvalue weighted by atomic mass is 9.89. The van der Waals surface area contributed by atoms with Gasteiger partial charge in [-0.2, -0.15) is 13.2 Å². The first kappa shape index (κ1) is 15.5. The Labute approximate surface area is 110 Å². The molecule has 1 rings (SSSR count). The van der Waals surface area contributed by atoms with Crippen LogP contribution in [-0.2, 0) is 16.5 Å². The van der Waals surface area contributed by atoms with E-state index >= 15 is 0 Å². The number of benzene rings is 1. The fraction of sp³-hybridized carbons (Fsp3) is 0.462. The second kappa shape index (κ2) is 5.21. The zero-order chi connectivity index (χ0) is 14.8. The summed E-state index contributed by atoms with van der Waals surface area (Å²) < 4.78 is 38.8. The highest BCUT2D eigenvalue weighted by molar-refractivity contribution is 5.81. The molecular formula is C13H17F3N2O. The Balaban J connectivity index is 3.18. The molecular weight excluding hydrogens is 257 g/mol. The molecule has 0 fully saturated rings. The van der Waals surface area contributed by atoms with Crippen molar-refractivity contribution in [2.45, 2.75) is 38.5 Å². The Morgan fingerprint density at radius 1 is 1.21 bits per heavy atom. The van der Waals surface area contributed by atoms with E-state index in [1.165, 1.54) is 39.0 Å². The van der Waals surface area contributed by atoms with Crippen LogP contribution in [0.15, 0.2) is 24.3 Å². The molecule has 1 aromatic carbocycles. The molecule has 0 aliphatic carbocycles. The average Bonchev–Trinajstić information content (AvgIpc) is 2.27. The molecule has 106 valence electrons. The molecule has 3 nitrogen and oxygen atoms in total. The van der Waals surface area contributed by atoms with Gasteiger partial charge in [0.15, 0.2) is 0 Å². The number of hydrogen-bond donors (Lipinski definition) is 2. The normalized spacial score (nSPS) is 14.1. The predicted octanol–water partition coefficient (Wildman–Crippen LogP) is 2.40. The van der Waals surface area contributed by atoms with Gasteiger partial charge in [-0.3, -0.25) is 4.79 Å². The Hall–Kier alpha value is -1.56. The number of hydrogen-bond acceptors (Lipinski definition) is 2. The second-order valence-corrected chi connectivity index (χ2v) is 4.95. The van der Waals surface area contributed by atoms with E-state index in [2.05, 4.69) is 5.32 Å². The highest BCUT2D eigenvalue weighted by Crippen LogP contribution is 2.36. The van der Waals surface area contributed by atoms with E-state index in [9.17, 15) is 18.0 Å². The SMILES string of the molecule is CC(N)C(=O)NC(C)(C)c1ccccc1C(F)(F)F. The van der Waals surface area contributed by atoms with E-state index in [1.807, 2.05) is 0 Å². The summed E-state index contributed by atoms with van der Waals surface area (Å²) in [6.45, 7) is 4.50. The number of halogens is 3. The molecule has 1 amide bonds. The highest BCUT2D eigenvalue weighted by atomic mass is 19.4. The van der Waals surface area contributed by atoms with Crippen LogP contribution in [0.2, 0.25) is 0 Å². The smallest absolute Gasteiger partial charge is 0.346 e. The van der Waals surface area contributed by atoms with Crippen LogP contribution in [0.25, 0.3) is 0 Å². The first-order valence-corrected chi connectivity index (χ1v) is 5.80. The van der Waals surface area contributed by atoms with Gasteiger partial charge in [-0.05, 0) is 32.4 Å². The minimum atomic E-state index is -4.47. The van der Waals surface area contributed by atoms with Crippen LogP contribution in [0, 0.1) is 0 Å². The number of alkyl halides is 3. The summed E-state index contributed by atoms with van der Waals surface area (Å²) in [5.74, 6) is -0.498. The molecule has 6 heteroatoms. The number of amides is 1. The van der Waals surface area contributed by atoms with E-state index < -0.39 is 29.2 Å². The van der Waals surface area contributed by atoms with Crippen molar-refractivity contribution in [2.75, 3.05) is 0 Å². The van der Waals surface area contributed by atoms with Crippen molar-refractivity contribution in [3.63, 3.8) is 0 Å². The molecule has 3 N–H and O–H groups in total. The van der Waals surface area contributed by atoms with Crippen LogP contribution in [0.1, 0.15) is 31.9 Å². The lowest BCUT2D eigenvalue weighted by Crippen LogP contribution is -2.48. The fourth-order valence-corrected chi connectivity index (χ4v) is 1.76. The van der Waals surface area contributed by atoms with Crippen LogP contribution in [0.4, 0.5) is 13.2 Å². The van der Waals surface area contributed by atoms with Crippen molar-refractivity contribution < 1.29 is 18.0 Å². The van der Waals surface area contributed by atoms with Crippen molar-refractivity contribution in [2.24, 2.45) is 5.73 Å². The van der Waals surface area contributed by atoms with Crippen LogP contribution in [0.5, 0.6) is 0 Å². The Morgan fingerprint density at radius 3 is 2.11 bits per heavy atom. The van der Waals surface area contributed by atoms with Crippen molar-refractivity contribution >= 4 is 5.91 Å². The maximum atomic E-state index is 12.9. The van der Waals surface area contributed by atoms with Crippen LogP contribution in [-0.4, -0.2) is 11.9 Å². The van der Waals surface area contributed by atoms with Gasteiger partial charge in [-0.25, -0.2) is 0 Å². The minimum absolute atomic E-state index is 0.0106. The van der Waals surface area contributed by atoms with Gasteiger partial charge >= 0.3 is 6.18 Å². The molecule has 0 aromatic heterocycles. The quantitative estimate of drug-likeness (QED) is 0.889. The summed E-state index contributed by atoms with van der Waals surface area (Å²) in [6.07, 6.45) is -4.47. The van der Waals surface area contributed by atoms with Gasteiger partial charge in [0, 0.05) is 0 Å². The standard InChI is InChI=1S/C13H17F3N2O/c1-8(17)11(19)18-12(2,3)9-6-4-5-7-10(9)13(14,15)16/h4-8H,17H2,1-3H3,(H,18,19). The summed E-state index contributed by atoms with van der Waals surface area (Å²) in [5.41, 5.74) is 3.51. The molecule has 0 radical (unpaired) electrons. The molecule has 1 aromatic rings. The molecule has 1 atom stereocenters. The second-order valence-electron chi connectivity index (χ2n) is 4.95. The number of carbonyl (C=O) groups is 1. The van der Waals surface area contributed by atoms with E-state index in [0.29, 0.717) is 0 Å². The number of nitrogens with two attached hydrogens (primary N) is 1. The van der Waals surface area contributed by atoms with Gasteiger partial charge in [-0.1, -0.05) is 18.2 Å². The predicted molar refractivity (Wildman–Crippen MR) is 66.3 cm³/mol. The summed E-state index contributed by atoms with van der Waals surface area (Å²) >= 11 is 0. The summed E-state index contributed by atoms with van der Waals surface area (Å²) in [6, 6.07) is 4.39. The molecule has 0 heterocycles. The summed E-state index contributed by atoms with van der Waals surface area (Å²) in [5, 5.41) is 2.52. The molecule has 0 aliphatic heterocycles. The molecule has 1 unspecified atom stereocenters. The monoisotopic (exact) mass is 274 g/mol. The van der Waals surface area contributed by atoms with E-state index in [4.69, 9.17) is 5.73 Å². The third-order valence-electron chi connectivity index (χ3n) is 2.76. The number of rotatable bonds is 3. The fourth-order valence-electron chi connectivity index (χ4n) is 1.76. The van der Waals surface area contributed by atoms with Gasteiger partial charge in [0.25, 0.3) is 0 Å². The average molecular weight is 274 g/mol. The van der Waals surface area contributed by atoms with E-state index in [1.54, 1.807) is 0 Å². The topological polar surface area (TPSA) is 55.1 Å². The summed E-state index contributed by atoms with van der Waals surface area (Å²) in [7, 11) is 0. The molecule has 0 saturated carbocycles. The van der Waals surface area contributed by atoms with Gasteiger partial charge in [-0.15, -0.1) is 0 Å². The van der Waals surface area contributed by atoms with Gasteiger partial charge in [0.05, 0.1) is 17.1 Å². The maximum absolute atomic E-state index is 12.9. The Morgan fingerprint density at radius 2 is 1.68 bits per heavy atom. The lowest BCUT2D eigenvalue weighted by Gasteiger charge is -2.30. The van der Waals surface area contributed by atoms with Crippen molar-refractivity contribution in [3.05, 3.63) is 35.4 Å². The number of nitrogens with one attached hydrogen (secondary N) is 1. The Kier molecular flexibility index (Phi) is 4.25. The molecule has 0 aliphatic rings. The van der Waals surface area contributed by atoms with E-state index in [-0.39, 0.29) is 5.56 Å².